The molecule has 12 heteroatoms. The zero-order chi connectivity index (χ0) is 27.3. The van der Waals surface area contributed by atoms with Crippen LogP contribution in [0.15, 0.2) is 24.3 Å². The second-order valence-electron chi connectivity index (χ2n) is 8.86. The van der Waals surface area contributed by atoms with Gasteiger partial charge in [0.15, 0.2) is 23.3 Å². The highest BCUT2D eigenvalue weighted by molar-refractivity contribution is 5.23. The van der Waals surface area contributed by atoms with Crippen LogP contribution in [0.25, 0.3) is 0 Å². The van der Waals surface area contributed by atoms with Gasteiger partial charge in [0.05, 0.1) is 12.7 Å². The SMILES string of the molecule is CC(Cc1c(F)ccc(F)c1F)CC(Cc1c(F)ccc(F)c1F)C(O)[C@@H](O)[C@@H](O)[C@H](O)[C@@H](O)CO. The molecule has 2 aromatic carbocycles. The Hall–Kier alpha value is -2.22. The summed E-state index contributed by atoms with van der Waals surface area (Å²) in [7, 11) is 0. The Balaban J connectivity index is 2.36. The molecule has 0 aliphatic carbocycles. The van der Waals surface area contributed by atoms with E-state index in [0.29, 0.717) is 24.3 Å². The average Bonchev–Trinajstić information content (AvgIpc) is 2.85. The molecule has 0 aromatic heterocycles. The van der Waals surface area contributed by atoms with Gasteiger partial charge >= 0.3 is 0 Å². The third-order valence-electron chi connectivity index (χ3n) is 6.12. The Labute approximate surface area is 203 Å². The molecular formula is C24H28F6O6. The topological polar surface area (TPSA) is 121 Å². The molecule has 0 bridgehead atoms. The van der Waals surface area contributed by atoms with Gasteiger partial charge in [-0.2, -0.15) is 0 Å². The predicted molar refractivity (Wildman–Crippen MR) is 114 cm³/mol. The van der Waals surface area contributed by atoms with Crippen LogP contribution < -0.4 is 0 Å². The van der Waals surface area contributed by atoms with Crippen molar-refractivity contribution in [1.82, 2.24) is 0 Å². The fraction of sp³-hybridized carbons (Fsp3) is 0.500. The van der Waals surface area contributed by atoms with E-state index in [-0.39, 0.29) is 6.42 Å². The molecule has 0 heterocycles. The minimum absolute atomic E-state index is 0.325. The van der Waals surface area contributed by atoms with Gasteiger partial charge in [-0.25, -0.2) is 26.3 Å². The van der Waals surface area contributed by atoms with E-state index < -0.39 is 108 Å². The summed E-state index contributed by atoms with van der Waals surface area (Å²) in [6.07, 6.45) is -12.1. The van der Waals surface area contributed by atoms with E-state index in [2.05, 4.69) is 0 Å². The van der Waals surface area contributed by atoms with Crippen molar-refractivity contribution in [2.75, 3.05) is 6.61 Å². The first-order valence-corrected chi connectivity index (χ1v) is 11.1. The van der Waals surface area contributed by atoms with Crippen LogP contribution in [-0.4, -0.2) is 67.8 Å². The highest BCUT2D eigenvalue weighted by atomic mass is 19.2. The Bertz CT molecular complexity index is 1030. The third-order valence-corrected chi connectivity index (χ3v) is 6.12. The molecule has 0 radical (unpaired) electrons. The van der Waals surface area contributed by atoms with Gasteiger partial charge in [0.2, 0.25) is 0 Å². The lowest BCUT2D eigenvalue weighted by atomic mass is 9.80. The Kier molecular flexibility index (Phi) is 10.7. The first kappa shape index (κ1) is 30.0. The normalized spacial score (nSPS) is 17.8. The Morgan fingerprint density at radius 2 is 1.03 bits per heavy atom. The number of rotatable bonds is 12. The standard InChI is InChI=1S/C24H28F6O6/c1-10(7-12-14(25)2-4-16(27)19(12)29)6-11(8-13-15(26)3-5-17(28)20(13)30)21(33)23(35)24(36)22(34)18(32)9-31/h2-5,10-11,18,21-24,31-36H,6-9H2,1H3/t10?,11?,18-,21?,22+,23+,24-/m0/s1. The summed E-state index contributed by atoms with van der Waals surface area (Å²) in [5.41, 5.74) is -1.44. The van der Waals surface area contributed by atoms with Crippen LogP contribution in [0.2, 0.25) is 0 Å². The Morgan fingerprint density at radius 1 is 0.611 bits per heavy atom. The van der Waals surface area contributed by atoms with Crippen LogP contribution >= 0.6 is 0 Å². The van der Waals surface area contributed by atoms with Gasteiger partial charge < -0.3 is 30.6 Å². The van der Waals surface area contributed by atoms with Crippen molar-refractivity contribution < 1.29 is 57.0 Å². The molecule has 2 aromatic rings. The molecule has 0 fully saturated rings. The average molecular weight is 526 g/mol. The Morgan fingerprint density at radius 3 is 1.50 bits per heavy atom. The monoisotopic (exact) mass is 526 g/mol. The molecule has 6 N–H and O–H groups in total. The zero-order valence-corrected chi connectivity index (χ0v) is 19.1. The van der Waals surface area contributed by atoms with E-state index in [0.717, 1.165) is 0 Å². The van der Waals surface area contributed by atoms with E-state index in [9.17, 15) is 51.9 Å². The lowest BCUT2D eigenvalue weighted by Gasteiger charge is -2.34. The van der Waals surface area contributed by atoms with Crippen LogP contribution in [0.3, 0.4) is 0 Å². The van der Waals surface area contributed by atoms with E-state index in [4.69, 9.17) is 5.11 Å². The summed E-state index contributed by atoms with van der Waals surface area (Å²) in [6, 6.07) is 2.46. The highest BCUT2D eigenvalue weighted by Crippen LogP contribution is 2.30. The molecule has 2 rings (SSSR count). The summed E-state index contributed by atoms with van der Waals surface area (Å²) >= 11 is 0. The summed E-state index contributed by atoms with van der Waals surface area (Å²) in [6.45, 7) is 0.404. The third kappa shape index (κ3) is 6.96. The van der Waals surface area contributed by atoms with Crippen molar-refractivity contribution >= 4 is 0 Å². The number of hydrogen-bond donors (Lipinski definition) is 6. The number of aliphatic hydroxyl groups excluding tert-OH is 6. The largest absolute Gasteiger partial charge is 0.394 e. The number of halogens is 6. The minimum Gasteiger partial charge on any atom is -0.394 e. The van der Waals surface area contributed by atoms with Crippen molar-refractivity contribution in [1.29, 1.82) is 0 Å². The number of aliphatic hydroxyl groups is 6. The zero-order valence-electron chi connectivity index (χ0n) is 19.1. The lowest BCUT2D eigenvalue weighted by Crippen LogP contribution is -2.52. The molecule has 7 atom stereocenters. The van der Waals surface area contributed by atoms with E-state index in [1.54, 1.807) is 0 Å². The molecule has 0 aliphatic heterocycles. The van der Waals surface area contributed by atoms with Crippen LogP contribution in [0.4, 0.5) is 26.3 Å². The maximum absolute atomic E-state index is 14.3. The summed E-state index contributed by atoms with van der Waals surface area (Å²) in [4.78, 5) is 0. The van der Waals surface area contributed by atoms with Crippen molar-refractivity contribution in [2.45, 2.75) is 56.7 Å². The van der Waals surface area contributed by atoms with Crippen molar-refractivity contribution in [3.05, 3.63) is 70.3 Å². The maximum atomic E-state index is 14.3. The molecule has 6 nitrogen and oxygen atoms in total. The highest BCUT2D eigenvalue weighted by Gasteiger charge is 2.38. The van der Waals surface area contributed by atoms with E-state index in [1.165, 1.54) is 6.92 Å². The number of hydrogen-bond acceptors (Lipinski definition) is 6. The lowest BCUT2D eigenvalue weighted by molar-refractivity contribution is -0.149. The smallest absolute Gasteiger partial charge is 0.164 e. The second kappa shape index (κ2) is 12.8. The molecule has 0 aliphatic rings. The summed E-state index contributed by atoms with van der Waals surface area (Å²) in [5, 5.41) is 59.5. The molecule has 0 saturated carbocycles. The molecular weight excluding hydrogens is 498 g/mol. The molecule has 3 unspecified atom stereocenters. The van der Waals surface area contributed by atoms with Gasteiger partial charge in [0, 0.05) is 11.1 Å². The first-order chi connectivity index (χ1) is 16.8. The van der Waals surface area contributed by atoms with Crippen LogP contribution in [-0.2, 0) is 12.8 Å². The summed E-state index contributed by atoms with van der Waals surface area (Å²) < 4.78 is 84.0. The van der Waals surface area contributed by atoms with Crippen LogP contribution in [0.1, 0.15) is 24.5 Å². The molecule has 202 valence electrons. The molecule has 0 amide bonds. The van der Waals surface area contributed by atoms with E-state index in [1.807, 2.05) is 0 Å². The second-order valence-corrected chi connectivity index (χ2v) is 8.86. The fourth-order valence-corrected chi connectivity index (χ4v) is 4.09. The summed E-state index contributed by atoms with van der Waals surface area (Å²) in [5.74, 6) is -10.2. The molecule has 0 saturated heterocycles. The van der Waals surface area contributed by atoms with Crippen LogP contribution in [0.5, 0.6) is 0 Å². The van der Waals surface area contributed by atoms with Gasteiger partial charge in [-0.3, -0.25) is 0 Å². The first-order valence-electron chi connectivity index (χ1n) is 11.1. The van der Waals surface area contributed by atoms with Crippen molar-refractivity contribution in [2.24, 2.45) is 11.8 Å². The van der Waals surface area contributed by atoms with Crippen molar-refractivity contribution in [3.63, 3.8) is 0 Å². The van der Waals surface area contributed by atoms with E-state index >= 15 is 0 Å². The predicted octanol–water partition coefficient (Wildman–Crippen LogP) is 1.75. The van der Waals surface area contributed by atoms with Gasteiger partial charge in [-0.15, -0.1) is 0 Å². The molecule has 36 heavy (non-hydrogen) atoms. The minimum atomic E-state index is -2.24. The van der Waals surface area contributed by atoms with Gasteiger partial charge in [0.1, 0.15) is 36.1 Å². The fourth-order valence-electron chi connectivity index (χ4n) is 4.09. The quantitative estimate of drug-likeness (QED) is 0.185. The maximum Gasteiger partial charge on any atom is 0.164 e. The number of benzene rings is 2. The van der Waals surface area contributed by atoms with Crippen molar-refractivity contribution in [3.8, 4) is 0 Å². The van der Waals surface area contributed by atoms with Gasteiger partial charge in [-0.05, 0) is 55.4 Å². The van der Waals surface area contributed by atoms with Gasteiger partial charge in [-0.1, -0.05) is 6.92 Å². The van der Waals surface area contributed by atoms with Crippen LogP contribution in [0, 0.1) is 46.7 Å². The molecule has 0 spiro atoms. The van der Waals surface area contributed by atoms with Gasteiger partial charge in [0.25, 0.3) is 0 Å².